The highest BCUT2D eigenvalue weighted by Gasteiger charge is 2.03. The normalized spacial score (nSPS) is 11.8. The van der Waals surface area contributed by atoms with Crippen LogP contribution >= 0.6 is 22.6 Å². The van der Waals surface area contributed by atoms with E-state index in [9.17, 15) is 0 Å². The highest BCUT2D eigenvalue weighted by atomic mass is 127. The van der Waals surface area contributed by atoms with Gasteiger partial charge in [0.25, 0.3) is 0 Å². The van der Waals surface area contributed by atoms with E-state index in [0.717, 1.165) is 32.5 Å². The van der Waals surface area contributed by atoms with Gasteiger partial charge in [0.05, 0.1) is 13.2 Å². The van der Waals surface area contributed by atoms with Crippen LogP contribution in [0.4, 0.5) is 0 Å². The molecule has 0 aliphatic carbocycles. The Bertz CT molecular complexity index is 162. The summed E-state index contributed by atoms with van der Waals surface area (Å²) in [5.41, 5.74) is 0. The van der Waals surface area contributed by atoms with E-state index in [4.69, 9.17) is 9.47 Å². The van der Waals surface area contributed by atoms with E-state index in [1.54, 1.807) is 0 Å². The Morgan fingerprint density at radius 3 is 2.06 bits per heavy atom. The number of alkyl halides is 1. The van der Waals surface area contributed by atoms with Gasteiger partial charge in [-0.1, -0.05) is 55.4 Å². The summed E-state index contributed by atoms with van der Waals surface area (Å²) in [6.45, 7) is 5.94. The molecule has 0 aliphatic heterocycles. The molecule has 3 heteroatoms. The van der Waals surface area contributed by atoms with Crippen LogP contribution in [0, 0.1) is 0 Å². The third kappa shape index (κ3) is 12.6. The summed E-state index contributed by atoms with van der Waals surface area (Å²) in [6.07, 6.45) is 11.0. The maximum absolute atomic E-state index is 5.70. The van der Waals surface area contributed by atoms with Crippen molar-refractivity contribution in [2.45, 2.75) is 58.7 Å². The zero-order valence-corrected chi connectivity index (χ0v) is 13.4. The van der Waals surface area contributed by atoms with Crippen LogP contribution in [-0.2, 0) is 9.47 Å². The molecule has 0 spiro atoms. The molecule has 0 heterocycles. The van der Waals surface area contributed by atoms with Gasteiger partial charge >= 0.3 is 0 Å². The first-order valence-electron chi connectivity index (χ1n) is 6.81. The van der Waals surface area contributed by atoms with Crippen molar-refractivity contribution in [3.63, 3.8) is 0 Å². The Hall–Kier alpha value is 0.390. The minimum atomic E-state index is -0.137. The largest absolute Gasteiger partial charge is 0.349 e. The van der Waals surface area contributed by atoms with Crippen LogP contribution in [-0.4, -0.2) is 23.9 Å². The van der Waals surface area contributed by atoms with Gasteiger partial charge in [-0.05, 0) is 36.2 Å². The van der Waals surface area contributed by atoms with E-state index in [1.807, 2.05) is 0 Å². The van der Waals surface area contributed by atoms with Gasteiger partial charge in [-0.15, -0.1) is 0 Å². The van der Waals surface area contributed by atoms with Gasteiger partial charge in [-0.2, -0.15) is 0 Å². The molecule has 0 N–H and O–H groups in total. The van der Waals surface area contributed by atoms with E-state index in [0.29, 0.717) is 0 Å². The zero-order chi connectivity index (χ0) is 12.8. The first-order chi connectivity index (χ1) is 8.35. The number of halogens is 1. The first-order valence-corrected chi connectivity index (χ1v) is 8.33. The lowest BCUT2D eigenvalue weighted by atomic mass is 10.3. The maximum atomic E-state index is 5.70. The second-order valence-corrected chi connectivity index (χ2v) is 5.16. The first kappa shape index (κ1) is 17.4. The molecule has 2 nitrogen and oxygen atoms in total. The van der Waals surface area contributed by atoms with Gasteiger partial charge in [0.1, 0.15) is 0 Å². The molecule has 0 bridgehead atoms. The summed E-state index contributed by atoms with van der Waals surface area (Å²) >= 11 is 2.40. The van der Waals surface area contributed by atoms with Gasteiger partial charge in [0.2, 0.25) is 0 Å². The van der Waals surface area contributed by atoms with Crippen molar-refractivity contribution in [1.82, 2.24) is 0 Å². The fourth-order valence-corrected chi connectivity index (χ4v) is 1.69. The molecule has 0 atom stereocenters. The average Bonchev–Trinajstić information content (AvgIpc) is 2.34. The smallest absolute Gasteiger partial charge is 0.176 e. The third-order valence-electron chi connectivity index (χ3n) is 2.36. The Balaban J connectivity index is 3.78. The second-order valence-electron chi connectivity index (χ2n) is 4.08. The fraction of sp³-hybridized carbons (Fsp3) is 0.857. The van der Waals surface area contributed by atoms with Crippen molar-refractivity contribution in [2.75, 3.05) is 17.6 Å². The minimum absolute atomic E-state index is 0.137. The molecule has 0 saturated heterocycles. The van der Waals surface area contributed by atoms with Crippen LogP contribution in [0.2, 0.25) is 0 Å². The number of hydrogen-bond acceptors (Lipinski definition) is 2. The summed E-state index contributed by atoms with van der Waals surface area (Å²) in [7, 11) is 0. The van der Waals surface area contributed by atoms with Gasteiger partial charge in [-0.3, -0.25) is 0 Å². The highest BCUT2D eigenvalue weighted by molar-refractivity contribution is 14.1. The standard InChI is InChI=1S/C14H27IO2/c1-3-5-12-16-14(17-13-6-4-2)10-8-7-9-11-15/h8,10,14H,3-7,9,11-13H2,1-2H3/b10-8+. The summed E-state index contributed by atoms with van der Waals surface area (Å²) in [6, 6.07) is 0. The lowest BCUT2D eigenvalue weighted by molar-refractivity contribution is -0.112. The SMILES string of the molecule is CCCCOC(/C=C/CCCI)OCCCC. The van der Waals surface area contributed by atoms with Gasteiger partial charge < -0.3 is 9.47 Å². The van der Waals surface area contributed by atoms with Crippen molar-refractivity contribution >= 4 is 22.6 Å². The maximum Gasteiger partial charge on any atom is 0.176 e. The quantitative estimate of drug-likeness (QED) is 0.166. The molecule has 0 saturated carbocycles. The van der Waals surface area contributed by atoms with E-state index < -0.39 is 0 Å². The van der Waals surface area contributed by atoms with Crippen LogP contribution in [0.3, 0.4) is 0 Å². The van der Waals surface area contributed by atoms with Gasteiger partial charge in [0, 0.05) is 0 Å². The molecular weight excluding hydrogens is 327 g/mol. The number of allylic oxidation sites excluding steroid dienone is 1. The summed E-state index contributed by atoms with van der Waals surface area (Å²) in [4.78, 5) is 0. The number of unbranched alkanes of at least 4 members (excludes halogenated alkanes) is 3. The Labute approximate surface area is 120 Å². The van der Waals surface area contributed by atoms with Crippen molar-refractivity contribution in [2.24, 2.45) is 0 Å². The predicted molar refractivity (Wildman–Crippen MR) is 82.8 cm³/mol. The molecule has 0 radical (unpaired) electrons. The minimum Gasteiger partial charge on any atom is -0.349 e. The Morgan fingerprint density at radius 1 is 1.00 bits per heavy atom. The predicted octanol–water partition coefficient (Wildman–Crippen LogP) is 4.72. The molecule has 0 fully saturated rings. The summed E-state index contributed by atoms with van der Waals surface area (Å²) < 4.78 is 12.6. The van der Waals surface area contributed by atoms with Crippen LogP contribution in [0.25, 0.3) is 0 Å². The van der Waals surface area contributed by atoms with Gasteiger partial charge in [0.15, 0.2) is 6.29 Å². The van der Waals surface area contributed by atoms with Crippen molar-refractivity contribution in [1.29, 1.82) is 0 Å². The fourth-order valence-electron chi connectivity index (χ4n) is 1.25. The second kappa shape index (κ2) is 14.5. The summed E-state index contributed by atoms with van der Waals surface area (Å²) in [5.74, 6) is 0. The van der Waals surface area contributed by atoms with Crippen LogP contribution < -0.4 is 0 Å². The molecule has 17 heavy (non-hydrogen) atoms. The number of rotatable bonds is 12. The summed E-state index contributed by atoms with van der Waals surface area (Å²) in [5, 5.41) is 0. The van der Waals surface area contributed by atoms with E-state index >= 15 is 0 Å². The lowest BCUT2D eigenvalue weighted by Gasteiger charge is -2.14. The molecule has 0 aromatic heterocycles. The third-order valence-corrected chi connectivity index (χ3v) is 3.12. The van der Waals surface area contributed by atoms with Crippen molar-refractivity contribution < 1.29 is 9.47 Å². The average molecular weight is 354 g/mol. The van der Waals surface area contributed by atoms with Crippen molar-refractivity contribution in [3.8, 4) is 0 Å². The molecule has 0 aromatic rings. The molecular formula is C14H27IO2. The van der Waals surface area contributed by atoms with Crippen molar-refractivity contribution in [3.05, 3.63) is 12.2 Å². The molecule has 0 unspecified atom stereocenters. The van der Waals surface area contributed by atoms with E-state index in [1.165, 1.54) is 23.7 Å². The topological polar surface area (TPSA) is 18.5 Å². The number of hydrogen-bond donors (Lipinski definition) is 0. The van der Waals surface area contributed by atoms with E-state index in [-0.39, 0.29) is 6.29 Å². The highest BCUT2D eigenvalue weighted by Crippen LogP contribution is 2.04. The zero-order valence-electron chi connectivity index (χ0n) is 11.3. The Kier molecular flexibility index (Phi) is 14.8. The number of ether oxygens (including phenoxy) is 2. The molecule has 0 rings (SSSR count). The van der Waals surface area contributed by atoms with E-state index in [2.05, 4.69) is 48.6 Å². The molecule has 0 aromatic carbocycles. The monoisotopic (exact) mass is 354 g/mol. The van der Waals surface area contributed by atoms with Gasteiger partial charge in [-0.25, -0.2) is 0 Å². The molecule has 0 aliphatic rings. The molecule has 0 amide bonds. The van der Waals surface area contributed by atoms with Crippen LogP contribution in [0.1, 0.15) is 52.4 Å². The lowest BCUT2D eigenvalue weighted by Crippen LogP contribution is -2.16. The Morgan fingerprint density at radius 2 is 1.59 bits per heavy atom. The molecule has 102 valence electrons. The van der Waals surface area contributed by atoms with Crippen LogP contribution in [0.15, 0.2) is 12.2 Å². The van der Waals surface area contributed by atoms with Crippen LogP contribution in [0.5, 0.6) is 0 Å².